The predicted octanol–water partition coefficient (Wildman–Crippen LogP) is 3.74. The van der Waals surface area contributed by atoms with E-state index in [9.17, 15) is 4.79 Å². The lowest BCUT2D eigenvalue weighted by atomic mass is 9.85. The molecule has 0 saturated heterocycles. The smallest absolute Gasteiger partial charge is 0.306 e. The Morgan fingerprint density at radius 3 is 2.79 bits per heavy atom. The maximum atomic E-state index is 11.0. The van der Waals surface area contributed by atoms with Gasteiger partial charge in [-0.2, -0.15) is 0 Å². The van der Waals surface area contributed by atoms with Crippen molar-refractivity contribution in [2.75, 3.05) is 6.61 Å². The average molecular weight is 260 g/mol. The third kappa shape index (κ3) is 3.85. The van der Waals surface area contributed by atoms with Crippen molar-refractivity contribution in [3.05, 3.63) is 35.4 Å². The minimum absolute atomic E-state index is 0.206. The number of hydrogen-bond acceptors (Lipinski definition) is 2. The molecule has 1 N–H and O–H groups in total. The number of rotatable bonds is 4. The molecule has 0 aliphatic heterocycles. The van der Waals surface area contributed by atoms with Crippen LogP contribution in [0, 0.1) is 5.92 Å². The Morgan fingerprint density at radius 1 is 1.42 bits per heavy atom. The van der Waals surface area contributed by atoms with Crippen LogP contribution in [-0.2, 0) is 4.79 Å². The van der Waals surface area contributed by atoms with Gasteiger partial charge in [0, 0.05) is 0 Å². The van der Waals surface area contributed by atoms with E-state index in [4.69, 9.17) is 9.84 Å². The molecule has 19 heavy (non-hydrogen) atoms. The summed E-state index contributed by atoms with van der Waals surface area (Å²) in [6.07, 6.45) is 5.58. The van der Waals surface area contributed by atoms with E-state index < -0.39 is 5.97 Å². The van der Waals surface area contributed by atoms with E-state index in [0.29, 0.717) is 13.0 Å². The van der Waals surface area contributed by atoms with Gasteiger partial charge in [-0.05, 0) is 50.3 Å². The van der Waals surface area contributed by atoms with Gasteiger partial charge in [0.05, 0.1) is 12.5 Å². The van der Waals surface area contributed by atoms with Crippen molar-refractivity contribution < 1.29 is 14.6 Å². The lowest BCUT2D eigenvalue weighted by molar-refractivity contribution is -0.142. The molecule has 1 saturated carbocycles. The summed E-state index contributed by atoms with van der Waals surface area (Å²) in [5.41, 5.74) is 2.35. The van der Waals surface area contributed by atoms with Gasteiger partial charge in [0.2, 0.25) is 0 Å². The summed E-state index contributed by atoms with van der Waals surface area (Å²) in [5.74, 6) is -0.00306. The third-order valence-corrected chi connectivity index (χ3v) is 3.47. The molecule has 0 bridgehead atoms. The molecule has 1 fully saturated rings. The number of hydrogen-bond donors (Lipinski definition) is 1. The van der Waals surface area contributed by atoms with E-state index in [1.165, 1.54) is 5.57 Å². The van der Waals surface area contributed by atoms with Crippen molar-refractivity contribution in [3.63, 3.8) is 0 Å². The van der Waals surface area contributed by atoms with Gasteiger partial charge in [-0.1, -0.05) is 23.8 Å². The average Bonchev–Trinajstić information content (AvgIpc) is 2.42. The summed E-state index contributed by atoms with van der Waals surface area (Å²) in [4.78, 5) is 11.0. The van der Waals surface area contributed by atoms with Gasteiger partial charge in [-0.15, -0.1) is 0 Å². The Bertz CT molecular complexity index is 459. The van der Waals surface area contributed by atoms with E-state index in [1.807, 2.05) is 31.2 Å². The molecule has 1 aliphatic carbocycles. The van der Waals surface area contributed by atoms with Gasteiger partial charge in [0.25, 0.3) is 0 Å². The molecule has 0 heterocycles. The van der Waals surface area contributed by atoms with Gasteiger partial charge in [0.15, 0.2) is 0 Å². The first-order chi connectivity index (χ1) is 9.19. The maximum absolute atomic E-state index is 11.0. The van der Waals surface area contributed by atoms with Crippen LogP contribution in [-0.4, -0.2) is 17.7 Å². The van der Waals surface area contributed by atoms with Crippen LogP contribution < -0.4 is 4.74 Å². The highest BCUT2D eigenvalue weighted by atomic mass is 16.5. The Morgan fingerprint density at radius 2 is 2.16 bits per heavy atom. The summed E-state index contributed by atoms with van der Waals surface area (Å²) < 4.78 is 5.40. The molecule has 0 aromatic heterocycles. The molecule has 3 heteroatoms. The van der Waals surface area contributed by atoms with Crippen molar-refractivity contribution in [3.8, 4) is 5.75 Å². The molecular formula is C16H20O3. The molecule has 1 unspecified atom stereocenters. The number of ether oxygens (including phenoxy) is 1. The summed E-state index contributed by atoms with van der Waals surface area (Å²) in [6, 6.07) is 7.94. The monoisotopic (exact) mass is 260 g/mol. The topological polar surface area (TPSA) is 46.5 Å². The molecule has 0 amide bonds. The molecule has 1 aromatic carbocycles. The SMILES string of the molecule is CCOc1ccc(C=C2CCCC(C(=O)O)C2)cc1. The highest BCUT2D eigenvalue weighted by Crippen LogP contribution is 2.30. The molecule has 102 valence electrons. The van der Waals surface area contributed by atoms with Gasteiger partial charge in [0.1, 0.15) is 5.75 Å². The summed E-state index contributed by atoms with van der Waals surface area (Å²) >= 11 is 0. The van der Waals surface area contributed by atoms with Crippen LogP contribution in [0.25, 0.3) is 6.08 Å². The van der Waals surface area contributed by atoms with E-state index in [1.54, 1.807) is 0 Å². The van der Waals surface area contributed by atoms with Crippen molar-refractivity contribution in [1.82, 2.24) is 0 Å². The zero-order chi connectivity index (χ0) is 13.7. The van der Waals surface area contributed by atoms with E-state index in [-0.39, 0.29) is 5.92 Å². The predicted molar refractivity (Wildman–Crippen MR) is 75.2 cm³/mol. The van der Waals surface area contributed by atoms with Gasteiger partial charge < -0.3 is 9.84 Å². The quantitative estimate of drug-likeness (QED) is 0.897. The van der Waals surface area contributed by atoms with Crippen LogP contribution in [0.3, 0.4) is 0 Å². The molecule has 3 nitrogen and oxygen atoms in total. The van der Waals surface area contributed by atoms with E-state index >= 15 is 0 Å². The van der Waals surface area contributed by atoms with Crippen molar-refractivity contribution in [2.45, 2.75) is 32.6 Å². The number of carboxylic acid groups (broad SMARTS) is 1. The highest BCUT2D eigenvalue weighted by molar-refractivity contribution is 5.71. The Kier molecular flexibility index (Phi) is 4.61. The number of benzene rings is 1. The molecule has 1 aromatic rings. The van der Waals surface area contributed by atoms with E-state index in [2.05, 4.69) is 6.08 Å². The van der Waals surface area contributed by atoms with Gasteiger partial charge >= 0.3 is 5.97 Å². The summed E-state index contributed by atoms with van der Waals surface area (Å²) in [6.45, 7) is 2.63. The third-order valence-electron chi connectivity index (χ3n) is 3.47. The molecule has 1 aliphatic rings. The lowest BCUT2D eigenvalue weighted by Gasteiger charge is -2.20. The molecule has 2 rings (SSSR count). The van der Waals surface area contributed by atoms with Crippen LogP contribution in [0.5, 0.6) is 5.75 Å². The highest BCUT2D eigenvalue weighted by Gasteiger charge is 2.22. The number of allylic oxidation sites excluding steroid dienone is 1. The van der Waals surface area contributed by atoms with Crippen LogP contribution in [0.1, 0.15) is 38.2 Å². The van der Waals surface area contributed by atoms with Crippen molar-refractivity contribution in [1.29, 1.82) is 0 Å². The fraction of sp³-hybridized carbons (Fsp3) is 0.438. The minimum atomic E-state index is -0.669. The van der Waals surface area contributed by atoms with Crippen molar-refractivity contribution >= 4 is 12.0 Å². The second kappa shape index (κ2) is 6.41. The first-order valence-corrected chi connectivity index (χ1v) is 6.84. The Balaban J connectivity index is 2.05. The van der Waals surface area contributed by atoms with E-state index in [0.717, 1.165) is 30.6 Å². The fourth-order valence-corrected chi connectivity index (χ4v) is 2.50. The van der Waals surface area contributed by atoms with Gasteiger partial charge in [-0.3, -0.25) is 4.79 Å². The molecule has 0 radical (unpaired) electrons. The lowest BCUT2D eigenvalue weighted by Crippen LogP contribution is -2.17. The van der Waals surface area contributed by atoms with Crippen molar-refractivity contribution in [2.24, 2.45) is 5.92 Å². The molecule has 0 spiro atoms. The van der Waals surface area contributed by atoms with Crippen LogP contribution in [0.2, 0.25) is 0 Å². The zero-order valence-corrected chi connectivity index (χ0v) is 11.3. The Labute approximate surface area is 113 Å². The second-order valence-corrected chi connectivity index (χ2v) is 4.94. The van der Waals surface area contributed by atoms with Crippen LogP contribution in [0.4, 0.5) is 0 Å². The fourth-order valence-electron chi connectivity index (χ4n) is 2.50. The molecular weight excluding hydrogens is 240 g/mol. The first kappa shape index (κ1) is 13.7. The standard InChI is InChI=1S/C16H20O3/c1-2-19-15-8-6-12(7-9-15)10-13-4-3-5-14(11-13)16(17)18/h6-10,14H,2-5,11H2,1H3,(H,17,18). The Hall–Kier alpha value is -1.77. The van der Waals surface area contributed by atoms with Gasteiger partial charge in [-0.25, -0.2) is 0 Å². The zero-order valence-electron chi connectivity index (χ0n) is 11.3. The maximum Gasteiger partial charge on any atom is 0.306 e. The largest absolute Gasteiger partial charge is 0.494 e. The normalized spacial score (nSPS) is 21.3. The summed E-state index contributed by atoms with van der Waals surface area (Å²) in [7, 11) is 0. The first-order valence-electron chi connectivity index (χ1n) is 6.84. The second-order valence-electron chi connectivity index (χ2n) is 4.94. The minimum Gasteiger partial charge on any atom is -0.494 e. The number of aliphatic carboxylic acids is 1. The number of carboxylic acids is 1. The van der Waals surface area contributed by atoms with Crippen LogP contribution >= 0.6 is 0 Å². The summed E-state index contributed by atoms with van der Waals surface area (Å²) in [5, 5.41) is 9.07. The van der Waals surface area contributed by atoms with Crippen LogP contribution in [0.15, 0.2) is 29.8 Å². The molecule has 1 atom stereocenters. The number of carbonyl (C=O) groups is 1.